The maximum absolute atomic E-state index is 12.8. The minimum Gasteiger partial charge on any atom is -0.298 e. The molecule has 0 spiro atoms. The Hall–Kier alpha value is -0.840. The summed E-state index contributed by atoms with van der Waals surface area (Å²) in [6, 6.07) is 5.34. The lowest BCUT2D eigenvalue weighted by molar-refractivity contribution is -0.138. The summed E-state index contributed by atoms with van der Waals surface area (Å²) in [5.41, 5.74) is -0.535. The smallest absolute Gasteiger partial charge is 0.298 e. The summed E-state index contributed by atoms with van der Waals surface area (Å²) in [6.45, 7) is 3.46. The molecule has 18 heavy (non-hydrogen) atoms. The van der Waals surface area contributed by atoms with Gasteiger partial charge in [0.15, 0.2) is 0 Å². The standard InChI is InChI=1S/C13H14BrF3O/c1-8(2)12(18)11(14)7-9-5-3-4-6-10(9)13(15,16)17/h3-6,8,11H,7H2,1-2H3. The lowest BCUT2D eigenvalue weighted by Crippen LogP contribution is -2.23. The van der Waals surface area contributed by atoms with E-state index in [1.165, 1.54) is 12.1 Å². The Labute approximate surface area is 113 Å². The minimum atomic E-state index is -4.38. The summed E-state index contributed by atoms with van der Waals surface area (Å²) >= 11 is 3.16. The number of ketones is 1. The van der Waals surface area contributed by atoms with Crippen LogP contribution < -0.4 is 0 Å². The van der Waals surface area contributed by atoms with Crippen LogP contribution in [0.2, 0.25) is 0 Å². The highest BCUT2D eigenvalue weighted by atomic mass is 79.9. The lowest BCUT2D eigenvalue weighted by atomic mass is 9.97. The molecule has 1 atom stereocenters. The molecule has 0 amide bonds. The van der Waals surface area contributed by atoms with Gasteiger partial charge in [0, 0.05) is 5.92 Å². The van der Waals surface area contributed by atoms with Crippen LogP contribution in [-0.2, 0) is 17.4 Å². The molecule has 0 N–H and O–H groups in total. The van der Waals surface area contributed by atoms with Crippen LogP contribution in [0.1, 0.15) is 25.0 Å². The first kappa shape index (κ1) is 15.2. The second-order valence-electron chi connectivity index (χ2n) is 4.38. The Morgan fingerprint density at radius 1 is 1.28 bits per heavy atom. The van der Waals surface area contributed by atoms with E-state index in [-0.39, 0.29) is 23.7 Å². The molecule has 0 aliphatic rings. The first-order chi connectivity index (χ1) is 8.23. The number of rotatable bonds is 4. The first-order valence-electron chi connectivity index (χ1n) is 5.56. The number of hydrogen-bond acceptors (Lipinski definition) is 1. The van der Waals surface area contributed by atoms with Gasteiger partial charge in [0.1, 0.15) is 5.78 Å². The molecule has 0 aromatic heterocycles. The van der Waals surface area contributed by atoms with Crippen molar-refractivity contribution in [2.24, 2.45) is 5.92 Å². The molecule has 1 aromatic carbocycles. The molecular formula is C13H14BrF3O. The van der Waals surface area contributed by atoms with Gasteiger partial charge in [-0.05, 0) is 18.1 Å². The Balaban J connectivity index is 2.95. The second-order valence-corrected chi connectivity index (χ2v) is 5.49. The number of alkyl halides is 4. The van der Waals surface area contributed by atoms with Gasteiger partial charge in [0.2, 0.25) is 0 Å². The van der Waals surface area contributed by atoms with Crippen molar-refractivity contribution in [2.75, 3.05) is 0 Å². The second kappa shape index (κ2) is 5.87. The van der Waals surface area contributed by atoms with Gasteiger partial charge >= 0.3 is 6.18 Å². The molecule has 1 rings (SSSR count). The number of halogens is 4. The fraction of sp³-hybridized carbons (Fsp3) is 0.462. The number of benzene rings is 1. The van der Waals surface area contributed by atoms with E-state index in [9.17, 15) is 18.0 Å². The highest BCUT2D eigenvalue weighted by Gasteiger charge is 2.33. The summed E-state index contributed by atoms with van der Waals surface area (Å²) in [7, 11) is 0. The Morgan fingerprint density at radius 2 is 1.83 bits per heavy atom. The van der Waals surface area contributed by atoms with Gasteiger partial charge in [-0.3, -0.25) is 4.79 Å². The zero-order valence-corrected chi connectivity index (χ0v) is 11.7. The topological polar surface area (TPSA) is 17.1 Å². The molecule has 100 valence electrons. The van der Waals surface area contributed by atoms with Crippen molar-refractivity contribution in [3.63, 3.8) is 0 Å². The maximum atomic E-state index is 12.8. The number of carbonyl (C=O) groups is 1. The molecule has 0 aliphatic carbocycles. The lowest BCUT2D eigenvalue weighted by Gasteiger charge is -2.16. The van der Waals surface area contributed by atoms with Crippen molar-refractivity contribution in [3.8, 4) is 0 Å². The van der Waals surface area contributed by atoms with E-state index in [0.29, 0.717) is 0 Å². The normalized spacial score (nSPS) is 13.7. The van der Waals surface area contributed by atoms with Gasteiger partial charge < -0.3 is 0 Å². The molecule has 0 bridgehead atoms. The van der Waals surface area contributed by atoms with E-state index >= 15 is 0 Å². The molecule has 0 saturated carbocycles. The molecular weight excluding hydrogens is 309 g/mol. The Kier molecular flexibility index (Phi) is 4.96. The summed E-state index contributed by atoms with van der Waals surface area (Å²) in [6.07, 6.45) is -4.34. The van der Waals surface area contributed by atoms with Crippen molar-refractivity contribution in [1.82, 2.24) is 0 Å². The molecule has 1 aromatic rings. The zero-order chi connectivity index (χ0) is 13.9. The maximum Gasteiger partial charge on any atom is 0.416 e. The number of Topliss-reactive ketones (excluding diaryl/α,β-unsaturated/α-hetero) is 1. The van der Waals surface area contributed by atoms with Crippen LogP contribution in [-0.4, -0.2) is 10.6 Å². The van der Waals surface area contributed by atoms with Crippen molar-refractivity contribution in [3.05, 3.63) is 35.4 Å². The largest absolute Gasteiger partial charge is 0.416 e. The summed E-state index contributed by atoms with van der Waals surface area (Å²) in [5.74, 6) is -0.292. The van der Waals surface area contributed by atoms with Crippen molar-refractivity contribution in [2.45, 2.75) is 31.3 Å². The molecule has 1 nitrogen and oxygen atoms in total. The van der Waals surface area contributed by atoms with Crippen LogP contribution in [0.25, 0.3) is 0 Å². The predicted molar refractivity (Wildman–Crippen MR) is 67.7 cm³/mol. The molecule has 0 saturated heterocycles. The average molecular weight is 323 g/mol. The van der Waals surface area contributed by atoms with Gasteiger partial charge in [-0.2, -0.15) is 13.2 Å². The predicted octanol–water partition coefficient (Wildman–Crippen LogP) is 4.24. The van der Waals surface area contributed by atoms with Crippen LogP contribution in [0.4, 0.5) is 13.2 Å². The van der Waals surface area contributed by atoms with Crippen LogP contribution >= 0.6 is 15.9 Å². The van der Waals surface area contributed by atoms with Crippen molar-refractivity contribution < 1.29 is 18.0 Å². The monoisotopic (exact) mass is 322 g/mol. The van der Waals surface area contributed by atoms with Gasteiger partial charge in [-0.25, -0.2) is 0 Å². The summed E-state index contributed by atoms with van der Waals surface area (Å²) in [5, 5.41) is 0. The van der Waals surface area contributed by atoms with Crippen molar-refractivity contribution >= 4 is 21.7 Å². The van der Waals surface area contributed by atoms with Gasteiger partial charge in [-0.1, -0.05) is 48.0 Å². The van der Waals surface area contributed by atoms with Crippen LogP contribution in [0.3, 0.4) is 0 Å². The highest BCUT2D eigenvalue weighted by molar-refractivity contribution is 9.10. The molecule has 5 heteroatoms. The third-order valence-corrected chi connectivity index (χ3v) is 3.37. The number of hydrogen-bond donors (Lipinski definition) is 0. The third-order valence-electron chi connectivity index (χ3n) is 2.60. The molecule has 0 heterocycles. The fourth-order valence-corrected chi connectivity index (χ4v) is 2.51. The summed E-state index contributed by atoms with van der Waals surface area (Å²) in [4.78, 5) is 11.1. The molecule has 0 aliphatic heterocycles. The SMILES string of the molecule is CC(C)C(=O)C(Br)Cc1ccccc1C(F)(F)F. The molecule has 1 unspecified atom stereocenters. The third kappa shape index (κ3) is 3.83. The van der Waals surface area contributed by atoms with Crippen LogP contribution in [0.15, 0.2) is 24.3 Å². The van der Waals surface area contributed by atoms with Crippen molar-refractivity contribution in [1.29, 1.82) is 0 Å². The van der Waals surface area contributed by atoms with Gasteiger partial charge in [-0.15, -0.1) is 0 Å². The van der Waals surface area contributed by atoms with E-state index < -0.39 is 16.6 Å². The Morgan fingerprint density at radius 3 is 2.33 bits per heavy atom. The zero-order valence-electron chi connectivity index (χ0n) is 10.1. The summed E-state index contributed by atoms with van der Waals surface area (Å²) < 4.78 is 38.3. The average Bonchev–Trinajstić information content (AvgIpc) is 2.27. The van der Waals surface area contributed by atoms with E-state index in [1.54, 1.807) is 19.9 Å². The number of carbonyl (C=O) groups excluding carboxylic acids is 1. The Bertz CT molecular complexity index is 426. The van der Waals surface area contributed by atoms with Gasteiger partial charge in [0.25, 0.3) is 0 Å². The quantitative estimate of drug-likeness (QED) is 0.758. The first-order valence-corrected chi connectivity index (χ1v) is 6.48. The van der Waals surface area contributed by atoms with E-state index in [4.69, 9.17) is 0 Å². The van der Waals surface area contributed by atoms with E-state index in [1.807, 2.05) is 0 Å². The molecule has 0 fully saturated rings. The fourth-order valence-electron chi connectivity index (χ4n) is 1.63. The minimum absolute atomic E-state index is 0.0483. The molecule has 0 radical (unpaired) electrons. The highest BCUT2D eigenvalue weighted by Crippen LogP contribution is 2.33. The van der Waals surface area contributed by atoms with Crippen LogP contribution in [0.5, 0.6) is 0 Å². The van der Waals surface area contributed by atoms with E-state index in [2.05, 4.69) is 15.9 Å². The van der Waals surface area contributed by atoms with E-state index in [0.717, 1.165) is 6.07 Å². The van der Waals surface area contributed by atoms with Crippen LogP contribution in [0, 0.1) is 5.92 Å². The van der Waals surface area contributed by atoms with Gasteiger partial charge in [0.05, 0.1) is 10.4 Å².